The molecule has 0 bridgehead atoms. The number of carbonyl (C=O) groups is 1. The van der Waals surface area contributed by atoms with Crippen molar-refractivity contribution < 1.29 is 14.3 Å². The number of hydrogen-bond donors (Lipinski definition) is 1. The topological polar surface area (TPSA) is 50.4 Å². The summed E-state index contributed by atoms with van der Waals surface area (Å²) in [5.41, 5.74) is 2.24. The summed E-state index contributed by atoms with van der Waals surface area (Å²) < 4.78 is 5.79. The molecule has 0 saturated carbocycles. The average Bonchev–Trinajstić information content (AvgIpc) is 2.78. The Hall–Kier alpha value is -2.73. The third-order valence-electron chi connectivity index (χ3n) is 2.87. The average molecular weight is 250 g/mol. The fourth-order valence-corrected chi connectivity index (χ4v) is 2.06. The first-order chi connectivity index (χ1) is 9.25. The summed E-state index contributed by atoms with van der Waals surface area (Å²) >= 11 is 0. The zero-order valence-corrected chi connectivity index (χ0v) is 10.0. The van der Waals surface area contributed by atoms with E-state index in [4.69, 9.17) is 9.52 Å². The van der Waals surface area contributed by atoms with E-state index in [2.05, 4.69) is 11.8 Å². The molecule has 1 aromatic heterocycles. The minimum atomic E-state index is -0.927. The number of aliphatic carboxylic acids is 1. The van der Waals surface area contributed by atoms with Crippen molar-refractivity contribution in [2.24, 2.45) is 0 Å². The monoisotopic (exact) mass is 250 g/mol. The largest absolute Gasteiger partial charge is 0.481 e. The lowest BCUT2D eigenvalue weighted by atomic mass is 10.1. The molecule has 0 unspecified atom stereocenters. The molecule has 3 heteroatoms. The Labute approximate surface area is 109 Å². The number of para-hydroxylation sites is 2. The van der Waals surface area contributed by atoms with Crippen LogP contribution in [-0.4, -0.2) is 11.1 Å². The summed E-state index contributed by atoms with van der Waals surface area (Å²) in [5.74, 6) is 4.56. The predicted octanol–water partition coefficient (Wildman–Crippen LogP) is 3.41. The summed E-state index contributed by atoms with van der Waals surface area (Å²) in [7, 11) is 0. The summed E-state index contributed by atoms with van der Waals surface area (Å²) in [6.07, 6.45) is -0.170. The van der Waals surface area contributed by atoms with Gasteiger partial charge in [-0.2, -0.15) is 0 Å². The van der Waals surface area contributed by atoms with Crippen LogP contribution >= 0.6 is 0 Å². The normalized spacial score (nSPS) is 10.3. The fraction of sp³-hybridized carbons (Fsp3) is 0.0625. The Balaban J connectivity index is 2.20. The first kappa shape index (κ1) is 11.4. The smallest absolute Gasteiger partial charge is 0.315 e. The van der Waals surface area contributed by atoms with Gasteiger partial charge in [0.15, 0.2) is 5.58 Å². The number of benzene rings is 2. The minimum absolute atomic E-state index is 0.170. The molecule has 0 aliphatic carbocycles. The summed E-state index contributed by atoms with van der Waals surface area (Å²) in [4.78, 5) is 10.5. The van der Waals surface area contributed by atoms with E-state index in [9.17, 15) is 4.79 Å². The van der Waals surface area contributed by atoms with Crippen LogP contribution in [0.15, 0.2) is 46.9 Å². The van der Waals surface area contributed by atoms with Crippen LogP contribution in [0.5, 0.6) is 0 Å². The van der Waals surface area contributed by atoms with E-state index < -0.39 is 5.97 Å². The molecule has 19 heavy (non-hydrogen) atoms. The van der Waals surface area contributed by atoms with Crippen molar-refractivity contribution in [1.29, 1.82) is 0 Å². The van der Waals surface area contributed by atoms with Gasteiger partial charge in [0.05, 0.1) is 5.56 Å². The highest BCUT2D eigenvalue weighted by atomic mass is 16.4. The standard InChI is InChI=1S/C16H10O3/c17-15(18)10-4-6-11-5-3-8-13-12-7-1-2-9-14(12)19-16(11)13/h1-3,5,7-9H,10H2,(H,17,18). The van der Waals surface area contributed by atoms with Gasteiger partial charge < -0.3 is 9.52 Å². The Morgan fingerprint density at radius 1 is 1.11 bits per heavy atom. The third kappa shape index (κ3) is 2.04. The van der Waals surface area contributed by atoms with E-state index >= 15 is 0 Å². The van der Waals surface area contributed by atoms with E-state index in [1.54, 1.807) is 0 Å². The van der Waals surface area contributed by atoms with Crippen LogP contribution in [0.4, 0.5) is 0 Å². The molecule has 1 heterocycles. The van der Waals surface area contributed by atoms with Gasteiger partial charge in [0.1, 0.15) is 12.0 Å². The van der Waals surface area contributed by atoms with Gasteiger partial charge in [0.25, 0.3) is 0 Å². The van der Waals surface area contributed by atoms with Gasteiger partial charge in [-0.25, -0.2) is 0 Å². The van der Waals surface area contributed by atoms with Gasteiger partial charge in [0, 0.05) is 10.8 Å². The molecule has 2 aromatic carbocycles. The Kier molecular flexibility index (Phi) is 2.70. The summed E-state index contributed by atoms with van der Waals surface area (Å²) in [6, 6.07) is 13.5. The molecule has 0 aliphatic rings. The lowest BCUT2D eigenvalue weighted by molar-refractivity contribution is -0.135. The molecule has 0 spiro atoms. The number of furan rings is 1. The summed E-state index contributed by atoms with van der Waals surface area (Å²) in [5, 5.41) is 10.6. The molecule has 92 valence electrons. The number of fused-ring (bicyclic) bond motifs is 3. The fourth-order valence-electron chi connectivity index (χ4n) is 2.06. The van der Waals surface area contributed by atoms with Crippen LogP contribution in [0.25, 0.3) is 21.9 Å². The maximum atomic E-state index is 10.5. The molecule has 3 aromatic rings. The van der Waals surface area contributed by atoms with Gasteiger partial charge in [-0.05, 0) is 12.1 Å². The summed E-state index contributed by atoms with van der Waals surface area (Å²) in [6.45, 7) is 0. The van der Waals surface area contributed by atoms with Crippen LogP contribution in [0, 0.1) is 11.8 Å². The van der Waals surface area contributed by atoms with Crippen molar-refractivity contribution in [3.05, 3.63) is 48.0 Å². The maximum absolute atomic E-state index is 10.5. The molecule has 0 radical (unpaired) electrons. The highest BCUT2D eigenvalue weighted by Gasteiger charge is 2.08. The Morgan fingerprint density at radius 3 is 2.74 bits per heavy atom. The maximum Gasteiger partial charge on any atom is 0.315 e. The van der Waals surface area contributed by atoms with Gasteiger partial charge in [0.2, 0.25) is 0 Å². The van der Waals surface area contributed by atoms with Crippen molar-refractivity contribution in [3.63, 3.8) is 0 Å². The second-order valence-corrected chi connectivity index (χ2v) is 4.15. The highest BCUT2D eigenvalue weighted by Crippen LogP contribution is 2.30. The molecule has 3 rings (SSSR count). The number of carboxylic acids is 1. The second kappa shape index (κ2) is 4.51. The molecular weight excluding hydrogens is 240 g/mol. The molecular formula is C16H10O3. The Morgan fingerprint density at radius 2 is 1.89 bits per heavy atom. The van der Waals surface area contributed by atoms with Crippen molar-refractivity contribution >= 4 is 27.9 Å². The second-order valence-electron chi connectivity index (χ2n) is 4.15. The zero-order chi connectivity index (χ0) is 13.2. The van der Waals surface area contributed by atoms with Crippen LogP contribution in [-0.2, 0) is 4.79 Å². The van der Waals surface area contributed by atoms with Crippen molar-refractivity contribution in [3.8, 4) is 11.8 Å². The van der Waals surface area contributed by atoms with Crippen LogP contribution in [0.2, 0.25) is 0 Å². The lowest BCUT2D eigenvalue weighted by Gasteiger charge is -1.92. The zero-order valence-electron chi connectivity index (χ0n) is 10.0. The lowest BCUT2D eigenvalue weighted by Crippen LogP contribution is -1.90. The van der Waals surface area contributed by atoms with Gasteiger partial charge in [-0.1, -0.05) is 42.2 Å². The first-order valence-corrected chi connectivity index (χ1v) is 5.86. The van der Waals surface area contributed by atoms with Gasteiger partial charge in [-0.15, -0.1) is 0 Å². The van der Waals surface area contributed by atoms with Crippen LogP contribution in [0.3, 0.4) is 0 Å². The SMILES string of the molecule is O=C(O)CC#Cc1cccc2c1oc1ccccc12. The molecule has 0 aliphatic heterocycles. The minimum Gasteiger partial charge on any atom is -0.481 e. The van der Waals surface area contributed by atoms with E-state index in [0.717, 1.165) is 21.9 Å². The van der Waals surface area contributed by atoms with Gasteiger partial charge >= 0.3 is 5.97 Å². The first-order valence-electron chi connectivity index (χ1n) is 5.86. The quantitative estimate of drug-likeness (QED) is 0.673. The number of rotatable bonds is 1. The molecule has 3 nitrogen and oxygen atoms in total. The van der Waals surface area contributed by atoms with E-state index in [-0.39, 0.29) is 6.42 Å². The third-order valence-corrected chi connectivity index (χ3v) is 2.87. The predicted molar refractivity (Wildman–Crippen MR) is 72.9 cm³/mol. The van der Waals surface area contributed by atoms with Crippen molar-refractivity contribution in [2.45, 2.75) is 6.42 Å². The molecule has 0 fully saturated rings. The molecule has 0 amide bonds. The number of hydrogen-bond acceptors (Lipinski definition) is 2. The molecule has 1 N–H and O–H groups in total. The molecule has 0 atom stereocenters. The highest BCUT2D eigenvalue weighted by molar-refractivity contribution is 6.06. The van der Waals surface area contributed by atoms with Gasteiger partial charge in [-0.3, -0.25) is 4.79 Å². The van der Waals surface area contributed by atoms with Crippen molar-refractivity contribution in [2.75, 3.05) is 0 Å². The Bertz CT molecular complexity index is 831. The van der Waals surface area contributed by atoms with E-state index in [1.165, 1.54) is 0 Å². The van der Waals surface area contributed by atoms with E-state index in [0.29, 0.717) is 5.58 Å². The molecule has 0 saturated heterocycles. The van der Waals surface area contributed by atoms with E-state index in [1.807, 2.05) is 42.5 Å². The number of carboxylic acid groups (broad SMARTS) is 1. The van der Waals surface area contributed by atoms with Crippen LogP contribution < -0.4 is 0 Å². The van der Waals surface area contributed by atoms with Crippen molar-refractivity contribution in [1.82, 2.24) is 0 Å². The van der Waals surface area contributed by atoms with Crippen LogP contribution in [0.1, 0.15) is 12.0 Å².